The molecule has 1 fully saturated rings. The van der Waals surface area contributed by atoms with Crippen molar-refractivity contribution in [2.45, 2.75) is 32.7 Å². The molecule has 24 heavy (non-hydrogen) atoms. The first kappa shape index (κ1) is 15.4. The van der Waals surface area contributed by atoms with Crippen LogP contribution in [-0.2, 0) is 7.05 Å². The molecule has 3 heterocycles. The minimum Gasteiger partial charge on any atom is -0.331 e. The second-order valence-corrected chi connectivity index (χ2v) is 7.64. The quantitative estimate of drug-likeness (QED) is 0.701. The lowest BCUT2D eigenvalue weighted by molar-refractivity contribution is 0.0740. The normalized spacial score (nSPS) is 17.8. The van der Waals surface area contributed by atoms with Gasteiger partial charge in [0.25, 0.3) is 5.91 Å². The summed E-state index contributed by atoms with van der Waals surface area (Å²) in [5, 5.41) is 5.52. The molecule has 3 aromatic rings. The molecule has 0 spiro atoms. The summed E-state index contributed by atoms with van der Waals surface area (Å²) in [4.78, 5) is 17.0. The number of benzene rings is 1. The third-order valence-corrected chi connectivity index (χ3v) is 6.07. The Morgan fingerprint density at radius 2 is 2.00 bits per heavy atom. The average Bonchev–Trinajstić information content (AvgIpc) is 3.26. The second-order valence-electron chi connectivity index (χ2n) is 6.61. The number of carbonyl (C=O) groups is 1. The maximum atomic E-state index is 13.1. The van der Waals surface area contributed by atoms with Crippen LogP contribution in [0.25, 0.3) is 10.2 Å². The Bertz CT molecular complexity index is 872. The molecule has 0 saturated carbocycles. The van der Waals surface area contributed by atoms with Crippen molar-refractivity contribution in [3.8, 4) is 0 Å². The Hall–Kier alpha value is -2.14. The summed E-state index contributed by atoms with van der Waals surface area (Å²) in [5.74, 6) is 0.152. The fraction of sp³-hybridized carbons (Fsp3) is 0.368. The van der Waals surface area contributed by atoms with Crippen molar-refractivity contribution in [2.75, 3.05) is 6.54 Å². The van der Waals surface area contributed by atoms with E-state index in [0.717, 1.165) is 40.2 Å². The monoisotopic (exact) mass is 339 g/mol. The Balaban J connectivity index is 1.66. The highest BCUT2D eigenvalue weighted by Gasteiger charge is 2.31. The van der Waals surface area contributed by atoms with Crippen molar-refractivity contribution in [2.24, 2.45) is 7.05 Å². The number of rotatable bonds is 2. The van der Waals surface area contributed by atoms with Gasteiger partial charge in [0.1, 0.15) is 4.83 Å². The fourth-order valence-corrected chi connectivity index (χ4v) is 4.68. The molecular weight excluding hydrogens is 318 g/mol. The van der Waals surface area contributed by atoms with Gasteiger partial charge in [0.15, 0.2) is 0 Å². The number of hydrogen-bond acceptors (Lipinski definition) is 3. The van der Waals surface area contributed by atoms with Crippen LogP contribution in [0.1, 0.15) is 45.4 Å². The van der Waals surface area contributed by atoms with Gasteiger partial charge in [-0.05, 0) is 38.3 Å². The van der Waals surface area contributed by atoms with Crippen molar-refractivity contribution in [1.82, 2.24) is 14.7 Å². The summed E-state index contributed by atoms with van der Waals surface area (Å²) in [6.45, 7) is 4.92. The molecule has 1 unspecified atom stereocenters. The molecule has 1 aliphatic rings. The summed E-state index contributed by atoms with van der Waals surface area (Å²) in [5.41, 5.74) is 3.48. The Morgan fingerprint density at radius 1 is 1.25 bits per heavy atom. The van der Waals surface area contributed by atoms with Crippen LogP contribution in [0.4, 0.5) is 0 Å². The molecule has 0 N–H and O–H groups in total. The molecule has 4 nitrogen and oxygen atoms in total. The standard InChI is InChI=1S/C19H21N3OS/c1-12-6-8-14(9-7-12)16-5-4-10-22(16)18(23)17-11-15-13(2)20-21(3)19(15)24-17/h6-9,11,16H,4-5,10H2,1-3H3. The van der Waals surface area contributed by atoms with E-state index in [0.29, 0.717) is 0 Å². The minimum atomic E-state index is 0.152. The van der Waals surface area contributed by atoms with E-state index in [9.17, 15) is 4.79 Å². The van der Waals surface area contributed by atoms with Crippen molar-refractivity contribution in [3.63, 3.8) is 0 Å². The van der Waals surface area contributed by atoms with Crippen molar-refractivity contribution in [3.05, 3.63) is 52.0 Å². The molecule has 0 aliphatic carbocycles. The summed E-state index contributed by atoms with van der Waals surface area (Å²) < 4.78 is 1.87. The topological polar surface area (TPSA) is 38.1 Å². The van der Waals surface area contributed by atoms with Gasteiger partial charge in [-0.3, -0.25) is 9.48 Å². The number of amides is 1. The van der Waals surface area contributed by atoms with E-state index in [-0.39, 0.29) is 11.9 Å². The lowest BCUT2D eigenvalue weighted by atomic mass is 10.0. The molecule has 4 rings (SSSR count). The van der Waals surface area contributed by atoms with Crippen molar-refractivity contribution >= 4 is 27.5 Å². The van der Waals surface area contributed by atoms with Gasteiger partial charge in [-0.25, -0.2) is 0 Å². The molecular formula is C19H21N3OS. The van der Waals surface area contributed by atoms with Gasteiger partial charge in [0, 0.05) is 19.0 Å². The summed E-state index contributed by atoms with van der Waals surface area (Å²) in [6, 6.07) is 10.8. The van der Waals surface area contributed by atoms with Gasteiger partial charge in [0.2, 0.25) is 0 Å². The summed E-state index contributed by atoms with van der Waals surface area (Å²) in [6.07, 6.45) is 2.11. The van der Waals surface area contributed by atoms with E-state index in [2.05, 4.69) is 36.3 Å². The van der Waals surface area contributed by atoms with Gasteiger partial charge in [-0.2, -0.15) is 5.10 Å². The predicted octanol–water partition coefficient (Wildman–Crippen LogP) is 4.23. The molecule has 0 bridgehead atoms. The van der Waals surface area contributed by atoms with E-state index in [1.165, 1.54) is 11.1 Å². The summed E-state index contributed by atoms with van der Waals surface area (Å²) >= 11 is 1.55. The first-order chi connectivity index (χ1) is 11.5. The largest absolute Gasteiger partial charge is 0.331 e. The highest BCUT2D eigenvalue weighted by atomic mass is 32.1. The number of thiophene rings is 1. The fourth-order valence-electron chi connectivity index (χ4n) is 3.60. The number of aryl methyl sites for hydroxylation is 3. The van der Waals surface area contributed by atoms with Crippen LogP contribution in [0.5, 0.6) is 0 Å². The van der Waals surface area contributed by atoms with E-state index < -0.39 is 0 Å². The van der Waals surface area contributed by atoms with Crippen LogP contribution in [0.3, 0.4) is 0 Å². The zero-order chi connectivity index (χ0) is 16.8. The predicted molar refractivity (Wildman–Crippen MR) is 97.5 cm³/mol. The van der Waals surface area contributed by atoms with Crippen molar-refractivity contribution < 1.29 is 4.79 Å². The smallest absolute Gasteiger partial charge is 0.264 e. The molecule has 5 heteroatoms. The first-order valence-electron chi connectivity index (χ1n) is 8.35. The number of fused-ring (bicyclic) bond motifs is 1. The number of carbonyl (C=O) groups excluding carboxylic acids is 1. The lowest BCUT2D eigenvalue weighted by Gasteiger charge is -2.24. The van der Waals surface area contributed by atoms with Gasteiger partial charge in [-0.1, -0.05) is 29.8 Å². The summed E-state index contributed by atoms with van der Waals surface area (Å²) in [7, 11) is 1.94. The van der Waals surface area contributed by atoms with Gasteiger partial charge < -0.3 is 4.90 Å². The third kappa shape index (κ3) is 2.44. The van der Waals surface area contributed by atoms with Crippen LogP contribution < -0.4 is 0 Å². The van der Waals surface area contributed by atoms with Crippen LogP contribution in [0.15, 0.2) is 30.3 Å². The number of aromatic nitrogens is 2. The zero-order valence-corrected chi connectivity index (χ0v) is 15.1. The highest BCUT2D eigenvalue weighted by molar-refractivity contribution is 7.20. The van der Waals surface area contributed by atoms with E-state index in [4.69, 9.17) is 0 Å². The maximum absolute atomic E-state index is 13.1. The van der Waals surface area contributed by atoms with E-state index in [1.807, 2.05) is 29.6 Å². The Morgan fingerprint density at radius 3 is 2.71 bits per heavy atom. The second kappa shape index (κ2) is 5.74. The highest BCUT2D eigenvalue weighted by Crippen LogP contribution is 2.36. The van der Waals surface area contributed by atoms with Crippen molar-refractivity contribution in [1.29, 1.82) is 0 Å². The average molecular weight is 339 g/mol. The van der Waals surface area contributed by atoms with Crippen LogP contribution in [0, 0.1) is 13.8 Å². The van der Waals surface area contributed by atoms with Gasteiger partial charge in [0.05, 0.1) is 16.6 Å². The number of nitrogens with zero attached hydrogens (tertiary/aromatic N) is 3. The molecule has 0 radical (unpaired) electrons. The molecule has 1 atom stereocenters. The van der Waals surface area contributed by atoms with E-state index in [1.54, 1.807) is 11.3 Å². The van der Waals surface area contributed by atoms with Crippen LogP contribution in [-0.4, -0.2) is 27.1 Å². The van der Waals surface area contributed by atoms with Gasteiger partial charge in [-0.15, -0.1) is 11.3 Å². The zero-order valence-electron chi connectivity index (χ0n) is 14.2. The molecule has 2 aromatic heterocycles. The molecule has 1 saturated heterocycles. The van der Waals surface area contributed by atoms with E-state index >= 15 is 0 Å². The molecule has 1 aromatic carbocycles. The third-order valence-electron chi connectivity index (χ3n) is 4.88. The Kier molecular flexibility index (Phi) is 3.68. The molecule has 1 amide bonds. The maximum Gasteiger partial charge on any atom is 0.264 e. The minimum absolute atomic E-state index is 0.152. The SMILES string of the molecule is Cc1ccc(C2CCCN2C(=O)c2cc3c(C)nn(C)c3s2)cc1. The lowest BCUT2D eigenvalue weighted by Crippen LogP contribution is -2.29. The van der Waals surface area contributed by atoms with Crippen LogP contribution in [0.2, 0.25) is 0 Å². The molecule has 124 valence electrons. The molecule has 1 aliphatic heterocycles. The van der Waals surface area contributed by atoms with Gasteiger partial charge >= 0.3 is 0 Å². The number of likely N-dealkylation sites (tertiary alicyclic amines) is 1. The first-order valence-corrected chi connectivity index (χ1v) is 9.17. The number of hydrogen-bond donors (Lipinski definition) is 0. The Labute approximate surface area is 145 Å². The van der Waals surface area contributed by atoms with Crippen LogP contribution >= 0.6 is 11.3 Å².